The van der Waals surface area contributed by atoms with Crippen molar-refractivity contribution in [2.24, 2.45) is 51.8 Å². The number of amides is 2. The van der Waals surface area contributed by atoms with Crippen molar-refractivity contribution >= 4 is 46.9 Å². The maximum Gasteiger partial charge on any atom is 0.309 e. The topological polar surface area (TPSA) is 204 Å². The molecular formula is C61H115N7O10. The zero-order valence-electron chi connectivity index (χ0n) is 52.7. The van der Waals surface area contributed by atoms with Crippen LogP contribution in [0.4, 0.5) is 0 Å². The minimum atomic E-state index is -1.29. The van der Waals surface area contributed by atoms with E-state index in [1.807, 2.05) is 49.2 Å². The first-order valence-electron chi connectivity index (χ1n) is 29.7. The Morgan fingerprint density at radius 2 is 0.974 bits per heavy atom. The Kier molecular flexibility index (Phi) is 37.1. The van der Waals surface area contributed by atoms with Crippen LogP contribution in [0, 0.1) is 51.8 Å². The molecule has 4 atom stereocenters. The van der Waals surface area contributed by atoms with E-state index in [-0.39, 0.29) is 93.7 Å². The van der Waals surface area contributed by atoms with Crippen molar-refractivity contribution in [1.29, 1.82) is 0 Å². The van der Waals surface area contributed by atoms with Gasteiger partial charge < -0.3 is 45.0 Å². The highest BCUT2D eigenvalue weighted by molar-refractivity contribution is 5.94. The number of Topliss-reactive ketones (excluding diaryl/α,β-unsaturated/α-hetero) is 4. The van der Waals surface area contributed by atoms with Crippen LogP contribution in [0.2, 0.25) is 0 Å². The normalized spacial score (nSPS) is 14.0. The van der Waals surface area contributed by atoms with E-state index in [2.05, 4.69) is 70.2 Å². The van der Waals surface area contributed by atoms with Gasteiger partial charge in [-0.05, 0) is 118 Å². The third-order valence-corrected chi connectivity index (χ3v) is 15.0. The molecule has 0 fully saturated rings. The number of hydrogen-bond donors (Lipinski definition) is 3. The van der Waals surface area contributed by atoms with Gasteiger partial charge >= 0.3 is 11.9 Å². The van der Waals surface area contributed by atoms with Gasteiger partial charge in [-0.15, -0.1) is 0 Å². The standard InChI is InChI=1S/C61H115N7O10/c1-19-21-26-62-44-51(69)48(39-54(72)63-27-29-67(17)33-31-65(13)14)41-59(7,8)53(71)38-50(57(75)64-28-30-68(18)34-32-66(15)16)43-61(11,12)56(74)49(40-55(73)77-35-22-24-45(3)4)42-60(9,10)52(70)37-47(20-2)58(76)78-36-23-25-46(5)6/h45-50,62H,19-44H2,1-18H3,(H,63,72)(H,64,75). The summed E-state index contributed by atoms with van der Waals surface area (Å²) in [5, 5.41) is 9.24. The third kappa shape index (κ3) is 33.2. The van der Waals surface area contributed by atoms with E-state index in [4.69, 9.17) is 9.47 Å². The van der Waals surface area contributed by atoms with E-state index in [9.17, 15) is 33.6 Å². The molecule has 0 rings (SSSR count). The van der Waals surface area contributed by atoms with E-state index >= 15 is 4.79 Å². The van der Waals surface area contributed by atoms with Crippen molar-refractivity contribution in [3.8, 4) is 0 Å². The van der Waals surface area contributed by atoms with Gasteiger partial charge in [0, 0.05) is 106 Å². The van der Waals surface area contributed by atoms with Gasteiger partial charge in [0.25, 0.3) is 0 Å². The molecule has 0 aromatic heterocycles. The molecule has 0 saturated carbocycles. The van der Waals surface area contributed by atoms with Crippen LogP contribution >= 0.6 is 0 Å². The number of unbranched alkanes of at least 4 members (excludes halogenated alkanes) is 1. The number of likely N-dealkylation sites (N-methyl/N-ethyl adjacent to an activating group) is 4. The molecule has 0 aliphatic heterocycles. The van der Waals surface area contributed by atoms with Gasteiger partial charge in [0.2, 0.25) is 11.8 Å². The highest BCUT2D eigenvalue weighted by Crippen LogP contribution is 2.40. The van der Waals surface area contributed by atoms with Gasteiger partial charge in [-0.2, -0.15) is 0 Å². The van der Waals surface area contributed by atoms with E-state index in [1.165, 1.54) is 0 Å². The second kappa shape index (κ2) is 38.9. The summed E-state index contributed by atoms with van der Waals surface area (Å²) in [6.07, 6.45) is 4.67. The van der Waals surface area contributed by atoms with Gasteiger partial charge in [-0.25, -0.2) is 0 Å². The first-order valence-corrected chi connectivity index (χ1v) is 29.7. The molecule has 78 heavy (non-hydrogen) atoms. The lowest BCUT2D eigenvalue weighted by Gasteiger charge is -2.35. The van der Waals surface area contributed by atoms with Gasteiger partial charge in [0.15, 0.2) is 0 Å². The Bertz CT molecular complexity index is 1800. The van der Waals surface area contributed by atoms with Crippen molar-refractivity contribution in [1.82, 2.24) is 35.6 Å². The van der Waals surface area contributed by atoms with E-state index in [0.717, 1.165) is 58.3 Å². The molecule has 0 aromatic carbocycles. The van der Waals surface area contributed by atoms with Crippen LogP contribution in [-0.4, -0.2) is 187 Å². The van der Waals surface area contributed by atoms with Gasteiger partial charge in [0.05, 0.1) is 32.1 Å². The summed E-state index contributed by atoms with van der Waals surface area (Å²) in [4.78, 5) is 121. The number of carbonyl (C=O) groups excluding carboxylic acids is 8. The van der Waals surface area contributed by atoms with Crippen molar-refractivity contribution in [2.75, 3.05) is 121 Å². The SMILES string of the molecule is CCCCNCC(=O)C(CC(=O)NCCN(C)CCN(C)C)CC(C)(C)C(=O)CC(CC(C)(C)C(=O)C(CC(=O)OCCCC(C)C)CC(C)(C)C(=O)CC(CC)C(=O)OCCCC(C)C)C(=O)NCCN(C)CCN(C)C. The number of nitrogens with one attached hydrogen (secondary N) is 3. The average Bonchev–Trinajstić information content (AvgIpc) is 3.34. The maximum atomic E-state index is 15.2. The number of esters is 2. The fraction of sp³-hybridized carbons (Fsp3) is 0.869. The van der Waals surface area contributed by atoms with E-state index in [0.29, 0.717) is 57.4 Å². The van der Waals surface area contributed by atoms with Crippen molar-refractivity contribution in [3.05, 3.63) is 0 Å². The zero-order valence-corrected chi connectivity index (χ0v) is 52.7. The van der Waals surface area contributed by atoms with Crippen LogP contribution in [0.5, 0.6) is 0 Å². The molecule has 0 radical (unpaired) electrons. The van der Waals surface area contributed by atoms with Crippen molar-refractivity contribution in [3.63, 3.8) is 0 Å². The molecule has 2 amide bonds. The quantitative estimate of drug-likeness (QED) is 0.0399. The highest BCUT2D eigenvalue weighted by Gasteiger charge is 2.44. The van der Waals surface area contributed by atoms with Gasteiger partial charge in [-0.3, -0.25) is 38.4 Å². The number of nitrogens with zero attached hydrogens (tertiary/aromatic N) is 4. The Hall–Kier alpha value is -3.64. The van der Waals surface area contributed by atoms with Gasteiger partial charge in [-0.1, -0.05) is 89.5 Å². The Morgan fingerprint density at radius 3 is 1.46 bits per heavy atom. The lowest BCUT2D eigenvalue weighted by atomic mass is 9.67. The highest BCUT2D eigenvalue weighted by atomic mass is 16.5. The van der Waals surface area contributed by atoms with Crippen molar-refractivity contribution < 1.29 is 47.8 Å². The molecule has 4 unspecified atom stereocenters. The van der Waals surface area contributed by atoms with E-state index < -0.39 is 57.8 Å². The molecule has 3 N–H and O–H groups in total. The lowest BCUT2D eigenvalue weighted by molar-refractivity contribution is -0.152. The van der Waals surface area contributed by atoms with Crippen LogP contribution in [-0.2, 0) is 47.8 Å². The van der Waals surface area contributed by atoms with Crippen molar-refractivity contribution in [2.45, 2.75) is 173 Å². The molecule has 0 aromatic rings. The third-order valence-electron chi connectivity index (χ3n) is 15.0. The first-order chi connectivity index (χ1) is 36.3. The molecule has 454 valence electrons. The molecule has 0 heterocycles. The minimum absolute atomic E-state index is 0.0133. The predicted octanol–water partition coefficient (Wildman–Crippen LogP) is 7.51. The van der Waals surface area contributed by atoms with E-state index in [1.54, 1.807) is 41.5 Å². The number of rotatable bonds is 47. The van der Waals surface area contributed by atoms with Crippen LogP contribution in [0.3, 0.4) is 0 Å². The van der Waals surface area contributed by atoms with Crippen LogP contribution in [0.25, 0.3) is 0 Å². The molecule has 0 bridgehead atoms. The number of ether oxygens (including phenoxy) is 2. The summed E-state index contributed by atoms with van der Waals surface area (Å²) in [6, 6.07) is 0. The summed E-state index contributed by atoms with van der Waals surface area (Å²) in [6.45, 7) is 29.0. The Morgan fingerprint density at radius 1 is 0.500 bits per heavy atom. The largest absolute Gasteiger partial charge is 0.466 e. The maximum absolute atomic E-state index is 15.2. The Balaban J connectivity index is 7.02. The van der Waals surface area contributed by atoms with Crippen LogP contribution < -0.4 is 16.0 Å². The lowest BCUT2D eigenvalue weighted by Crippen LogP contribution is -2.44. The summed E-state index contributed by atoms with van der Waals surface area (Å²) >= 11 is 0. The predicted molar refractivity (Wildman–Crippen MR) is 314 cm³/mol. The van der Waals surface area contributed by atoms with Crippen LogP contribution in [0.1, 0.15) is 173 Å². The molecule has 0 aliphatic rings. The first kappa shape index (κ1) is 74.4. The summed E-state index contributed by atoms with van der Waals surface area (Å²) in [5.74, 6) is -5.25. The monoisotopic (exact) mass is 1110 g/mol. The molecule has 0 spiro atoms. The summed E-state index contributed by atoms with van der Waals surface area (Å²) in [7, 11) is 11.9. The minimum Gasteiger partial charge on any atom is -0.466 e. The Labute approximate surface area is 474 Å². The number of ketones is 4. The molecular weight excluding hydrogens is 991 g/mol. The fourth-order valence-corrected chi connectivity index (χ4v) is 9.48. The van der Waals surface area contributed by atoms with Gasteiger partial charge in [0.1, 0.15) is 23.1 Å². The zero-order chi connectivity index (χ0) is 59.8. The molecule has 17 heteroatoms. The molecule has 0 aliphatic carbocycles. The number of hydrogen-bond acceptors (Lipinski definition) is 15. The average molecular weight is 1110 g/mol. The molecule has 0 saturated heterocycles. The summed E-state index contributed by atoms with van der Waals surface area (Å²) in [5.41, 5.74) is -3.59. The van der Waals surface area contributed by atoms with Crippen LogP contribution in [0.15, 0.2) is 0 Å². The smallest absolute Gasteiger partial charge is 0.309 e. The second-order valence-electron chi connectivity index (χ2n) is 25.8. The number of carbonyl (C=O) groups is 8. The molecule has 17 nitrogen and oxygen atoms in total. The fourth-order valence-electron chi connectivity index (χ4n) is 9.48. The second-order valence-corrected chi connectivity index (χ2v) is 25.8. The summed E-state index contributed by atoms with van der Waals surface area (Å²) < 4.78 is 11.3.